The molecule has 1 amide bonds. The summed E-state index contributed by atoms with van der Waals surface area (Å²) in [6.45, 7) is 0. The number of nitro benzene ring substituents is 1. The Morgan fingerprint density at radius 1 is 1.00 bits per heavy atom. The van der Waals surface area contributed by atoms with Crippen molar-refractivity contribution in [2.24, 2.45) is 0 Å². The number of nitrogens with one attached hydrogen (secondary N) is 1. The van der Waals surface area contributed by atoms with E-state index in [9.17, 15) is 14.9 Å². The van der Waals surface area contributed by atoms with Gasteiger partial charge in [0.15, 0.2) is 5.58 Å². The van der Waals surface area contributed by atoms with Crippen LogP contribution in [-0.2, 0) is 10.2 Å². The quantitative estimate of drug-likeness (QED) is 0.318. The van der Waals surface area contributed by atoms with Gasteiger partial charge < -0.3 is 9.73 Å². The minimum absolute atomic E-state index is 0.0213. The Kier molecular flexibility index (Phi) is 4.93. The molecule has 0 spiro atoms. The standard InChI is InChI=1S/C25H21N3O4/c29-24(25(14-4-5-15-25)18-8-11-20(12-9-18)28(30)31)26-19-10-13-22-21(16-19)27-23(32-22)17-6-2-1-3-7-17/h1-3,6-13,16H,4-5,14-15H2,(H,26,29). The van der Waals surface area contributed by atoms with E-state index in [4.69, 9.17) is 4.42 Å². The Labute approximate surface area is 184 Å². The summed E-state index contributed by atoms with van der Waals surface area (Å²) < 4.78 is 5.85. The molecule has 1 fully saturated rings. The topological polar surface area (TPSA) is 98.3 Å². The Balaban J connectivity index is 1.43. The molecule has 7 heteroatoms. The number of carbonyl (C=O) groups excluding carboxylic acids is 1. The zero-order valence-corrected chi connectivity index (χ0v) is 17.3. The van der Waals surface area contributed by atoms with Crippen LogP contribution in [0.1, 0.15) is 31.2 Å². The van der Waals surface area contributed by atoms with Crippen LogP contribution in [0.25, 0.3) is 22.6 Å². The van der Waals surface area contributed by atoms with E-state index in [1.165, 1.54) is 12.1 Å². The van der Waals surface area contributed by atoms with Crippen LogP contribution in [0.3, 0.4) is 0 Å². The number of nitro groups is 1. The lowest BCUT2D eigenvalue weighted by Gasteiger charge is -2.28. The predicted octanol–water partition coefficient (Wildman–Crippen LogP) is 5.85. The van der Waals surface area contributed by atoms with E-state index < -0.39 is 10.3 Å². The molecular weight excluding hydrogens is 406 g/mol. The number of non-ortho nitro benzene ring substituents is 1. The predicted molar refractivity (Wildman–Crippen MR) is 121 cm³/mol. The fourth-order valence-corrected chi connectivity index (χ4v) is 4.49. The summed E-state index contributed by atoms with van der Waals surface area (Å²) in [5, 5.41) is 14.0. The van der Waals surface area contributed by atoms with Crippen molar-refractivity contribution in [1.82, 2.24) is 4.98 Å². The number of fused-ring (bicyclic) bond motifs is 1. The van der Waals surface area contributed by atoms with Gasteiger partial charge >= 0.3 is 0 Å². The number of hydrogen-bond acceptors (Lipinski definition) is 5. The highest BCUT2D eigenvalue weighted by molar-refractivity contribution is 6.00. The average Bonchev–Trinajstić information content (AvgIpc) is 3.48. The maximum Gasteiger partial charge on any atom is 0.269 e. The molecule has 1 aliphatic rings. The van der Waals surface area contributed by atoms with Gasteiger partial charge in [-0.05, 0) is 48.7 Å². The first kappa shape index (κ1) is 19.9. The highest BCUT2D eigenvalue weighted by Gasteiger charge is 2.42. The van der Waals surface area contributed by atoms with Crippen LogP contribution in [-0.4, -0.2) is 15.8 Å². The lowest BCUT2D eigenvalue weighted by molar-refractivity contribution is -0.384. The van der Waals surface area contributed by atoms with Crippen LogP contribution in [0.2, 0.25) is 0 Å². The molecule has 0 saturated heterocycles. The number of hydrogen-bond donors (Lipinski definition) is 1. The average molecular weight is 427 g/mol. The molecule has 0 atom stereocenters. The van der Waals surface area contributed by atoms with Crippen LogP contribution in [0.4, 0.5) is 11.4 Å². The molecule has 1 aromatic heterocycles. The number of nitrogens with zero attached hydrogens (tertiary/aromatic N) is 2. The summed E-state index contributed by atoms with van der Waals surface area (Å²) in [6.07, 6.45) is 3.29. The van der Waals surface area contributed by atoms with Crippen LogP contribution in [0.5, 0.6) is 0 Å². The maximum atomic E-state index is 13.4. The van der Waals surface area contributed by atoms with E-state index in [2.05, 4.69) is 10.3 Å². The van der Waals surface area contributed by atoms with Gasteiger partial charge in [0, 0.05) is 23.4 Å². The van der Waals surface area contributed by atoms with Crippen LogP contribution < -0.4 is 5.32 Å². The number of carbonyl (C=O) groups is 1. The largest absolute Gasteiger partial charge is 0.436 e. The van der Waals surface area contributed by atoms with Crippen molar-refractivity contribution >= 4 is 28.4 Å². The van der Waals surface area contributed by atoms with Gasteiger partial charge in [0.25, 0.3) is 5.69 Å². The lowest BCUT2D eigenvalue weighted by Crippen LogP contribution is -2.38. The second-order valence-electron chi connectivity index (χ2n) is 8.11. The smallest absolute Gasteiger partial charge is 0.269 e. The summed E-state index contributed by atoms with van der Waals surface area (Å²) in [4.78, 5) is 28.6. The Morgan fingerprint density at radius 2 is 1.72 bits per heavy atom. The molecular formula is C25H21N3O4. The molecule has 0 bridgehead atoms. The van der Waals surface area contributed by atoms with Crippen molar-refractivity contribution in [3.8, 4) is 11.5 Å². The van der Waals surface area contributed by atoms with Crippen molar-refractivity contribution in [3.05, 3.63) is 88.5 Å². The first-order valence-corrected chi connectivity index (χ1v) is 10.6. The van der Waals surface area contributed by atoms with Crippen LogP contribution >= 0.6 is 0 Å². The van der Waals surface area contributed by atoms with Crippen LogP contribution in [0, 0.1) is 10.1 Å². The van der Waals surface area contributed by atoms with Crippen molar-refractivity contribution < 1.29 is 14.1 Å². The minimum Gasteiger partial charge on any atom is -0.436 e. The molecule has 0 aliphatic heterocycles. The van der Waals surface area contributed by atoms with E-state index in [0.29, 0.717) is 35.5 Å². The molecule has 1 N–H and O–H groups in total. The molecule has 1 aliphatic carbocycles. The van der Waals surface area contributed by atoms with E-state index >= 15 is 0 Å². The van der Waals surface area contributed by atoms with E-state index in [1.54, 1.807) is 24.3 Å². The zero-order valence-electron chi connectivity index (χ0n) is 17.3. The first-order chi connectivity index (χ1) is 15.5. The van der Waals surface area contributed by atoms with Gasteiger partial charge in [-0.2, -0.15) is 0 Å². The molecule has 5 rings (SSSR count). The fraction of sp³-hybridized carbons (Fsp3) is 0.200. The normalized spacial score (nSPS) is 15.0. The highest BCUT2D eigenvalue weighted by atomic mass is 16.6. The SMILES string of the molecule is O=C(Nc1ccc2oc(-c3ccccc3)nc2c1)C1(c2ccc([N+](=O)[O-])cc2)CCCC1. The highest BCUT2D eigenvalue weighted by Crippen LogP contribution is 2.42. The first-order valence-electron chi connectivity index (χ1n) is 10.6. The number of amides is 1. The molecule has 0 unspecified atom stereocenters. The minimum atomic E-state index is -0.691. The second-order valence-corrected chi connectivity index (χ2v) is 8.11. The van der Waals surface area contributed by atoms with Crippen LogP contribution in [0.15, 0.2) is 77.2 Å². The summed E-state index contributed by atoms with van der Waals surface area (Å²) in [5.74, 6) is 0.428. The zero-order chi connectivity index (χ0) is 22.1. The molecule has 3 aromatic carbocycles. The van der Waals surface area contributed by atoms with E-state index in [-0.39, 0.29) is 11.6 Å². The third-order valence-electron chi connectivity index (χ3n) is 6.19. The van der Waals surface area contributed by atoms with Crippen molar-refractivity contribution in [2.45, 2.75) is 31.1 Å². The van der Waals surface area contributed by atoms with Crippen molar-refractivity contribution in [2.75, 3.05) is 5.32 Å². The Bertz CT molecular complexity index is 1290. The van der Waals surface area contributed by atoms with Gasteiger partial charge in [-0.1, -0.05) is 43.2 Å². The molecule has 1 heterocycles. The summed E-state index contributed by atoms with van der Waals surface area (Å²) in [7, 11) is 0. The van der Waals surface area contributed by atoms with Gasteiger partial charge in [0.2, 0.25) is 11.8 Å². The fourth-order valence-electron chi connectivity index (χ4n) is 4.49. The monoisotopic (exact) mass is 427 g/mol. The Morgan fingerprint density at radius 3 is 2.41 bits per heavy atom. The number of benzene rings is 3. The van der Waals surface area contributed by atoms with E-state index in [1.807, 2.05) is 36.4 Å². The van der Waals surface area contributed by atoms with Gasteiger partial charge in [-0.25, -0.2) is 4.98 Å². The lowest BCUT2D eigenvalue weighted by atomic mass is 9.78. The Hall–Kier alpha value is -4.00. The number of rotatable bonds is 5. The number of anilines is 1. The summed E-state index contributed by atoms with van der Waals surface area (Å²) in [5.41, 5.74) is 2.98. The summed E-state index contributed by atoms with van der Waals surface area (Å²) >= 11 is 0. The molecule has 1 saturated carbocycles. The summed E-state index contributed by atoms with van der Waals surface area (Å²) in [6, 6.07) is 21.4. The van der Waals surface area contributed by atoms with Gasteiger partial charge in [-0.15, -0.1) is 0 Å². The van der Waals surface area contributed by atoms with Crippen molar-refractivity contribution in [3.63, 3.8) is 0 Å². The third kappa shape index (κ3) is 3.51. The molecule has 160 valence electrons. The number of aromatic nitrogens is 1. The van der Waals surface area contributed by atoms with Gasteiger partial charge in [0.1, 0.15) is 5.52 Å². The molecule has 32 heavy (non-hydrogen) atoms. The van der Waals surface area contributed by atoms with Gasteiger partial charge in [0.05, 0.1) is 10.3 Å². The second kappa shape index (κ2) is 7.92. The van der Waals surface area contributed by atoms with Gasteiger partial charge in [-0.3, -0.25) is 14.9 Å². The number of oxazole rings is 1. The van der Waals surface area contributed by atoms with E-state index in [0.717, 1.165) is 24.0 Å². The molecule has 7 nitrogen and oxygen atoms in total. The van der Waals surface area contributed by atoms with Crippen molar-refractivity contribution in [1.29, 1.82) is 0 Å². The molecule has 0 radical (unpaired) electrons. The maximum absolute atomic E-state index is 13.4. The third-order valence-corrected chi connectivity index (χ3v) is 6.19. The molecule has 4 aromatic rings.